The van der Waals surface area contributed by atoms with E-state index in [1.165, 1.54) is 11.5 Å². The highest BCUT2D eigenvalue weighted by Gasteiger charge is 2.23. The molecule has 1 aliphatic heterocycles. The third kappa shape index (κ3) is 2.58. The van der Waals surface area contributed by atoms with Crippen LogP contribution in [0.2, 0.25) is 0 Å². The zero-order valence-corrected chi connectivity index (χ0v) is 11.2. The SMILES string of the molecule is O=C(c1ccns1)N1CCN(c2ccccn2)CC1. The number of hydrogen-bond acceptors (Lipinski definition) is 5. The molecule has 0 atom stereocenters. The Hall–Kier alpha value is -1.95. The molecule has 0 unspecified atom stereocenters. The Morgan fingerprint density at radius 1 is 1.11 bits per heavy atom. The molecule has 0 aromatic carbocycles. The lowest BCUT2D eigenvalue weighted by Gasteiger charge is -2.35. The van der Waals surface area contributed by atoms with Gasteiger partial charge in [-0.05, 0) is 29.7 Å². The standard InChI is InChI=1S/C13H14N4OS/c18-13(11-4-6-15-19-11)17-9-7-16(8-10-17)12-3-1-2-5-14-12/h1-6H,7-10H2. The van der Waals surface area contributed by atoms with E-state index in [0.717, 1.165) is 32.0 Å². The van der Waals surface area contributed by atoms with Crippen molar-refractivity contribution in [3.05, 3.63) is 41.5 Å². The van der Waals surface area contributed by atoms with Crippen molar-refractivity contribution in [1.29, 1.82) is 0 Å². The molecule has 3 heterocycles. The molecule has 2 aromatic rings. The Bertz CT molecular complexity index is 535. The first-order chi connectivity index (χ1) is 9.34. The van der Waals surface area contributed by atoms with E-state index in [1.807, 2.05) is 23.1 Å². The van der Waals surface area contributed by atoms with Crippen LogP contribution in [0.15, 0.2) is 36.7 Å². The minimum Gasteiger partial charge on any atom is -0.353 e. The molecule has 19 heavy (non-hydrogen) atoms. The topological polar surface area (TPSA) is 49.3 Å². The largest absolute Gasteiger partial charge is 0.353 e. The second-order valence-corrected chi connectivity index (χ2v) is 5.18. The zero-order chi connectivity index (χ0) is 13.1. The van der Waals surface area contributed by atoms with Crippen molar-refractivity contribution < 1.29 is 4.79 Å². The Balaban J connectivity index is 1.62. The lowest BCUT2D eigenvalue weighted by molar-refractivity contribution is 0.0751. The van der Waals surface area contributed by atoms with Crippen LogP contribution >= 0.6 is 11.5 Å². The Morgan fingerprint density at radius 3 is 2.58 bits per heavy atom. The van der Waals surface area contributed by atoms with Crippen LogP contribution in [0.5, 0.6) is 0 Å². The van der Waals surface area contributed by atoms with Crippen molar-refractivity contribution in [2.75, 3.05) is 31.1 Å². The highest BCUT2D eigenvalue weighted by Crippen LogP contribution is 2.15. The summed E-state index contributed by atoms with van der Waals surface area (Å²) in [6.45, 7) is 3.10. The zero-order valence-electron chi connectivity index (χ0n) is 10.4. The molecule has 5 nitrogen and oxygen atoms in total. The van der Waals surface area contributed by atoms with Gasteiger partial charge in [0, 0.05) is 38.6 Å². The quantitative estimate of drug-likeness (QED) is 0.832. The van der Waals surface area contributed by atoms with Gasteiger partial charge in [0.25, 0.3) is 5.91 Å². The molecule has 1 aliphatic rings. The molecule has 0 aliphatic carbocycles. The average Bonchev–Trinajstić information content (AvgIpc) is 3.02. The molecule has 0 N–H and O–H groups in total. The fraction of sp³-hybridized carbons (Fsp3) is 0.308. The van der Waals surface area contributed by atoms with Crippen molar-refractivity contribution in [2.45, 2.75) is 0 Å². The minimum absolute atomic E-state index is 0.0863. The van der Waals surface area contributed by atoms with Gasteiger partial charge in [0.2, 0.25) is 0 Å². The van der Waals surface area contributed by atoms with Crippen LogP contribution in [-0.4, -0.2) is 46.3 Å². The van der Waals surface area contributed by atoms with Crippen molar-refractivity contribution in [3.8, 4) is 0 Å². The first kappa shape index (κ1) is 12.1. The molecule has 0 saturated carbocycles. The van der Waals surface area contributed by atoms with Gasteiger partial charge in [-0.1, -0.05) is 6.07 Å². The average molecular weight is 274 g/mol. The van der Waals surface area contributed by atoms with Crippen LogP contribution < -0.4 is 4.90 Å². The number of hydrogen-bond donors (Lipinski definition) is 0. The Morgan fingerprint density at radius 2 is 1.95 bits per heavy atom. The van der Waals surface area contributed by atoms with E-state index in [1.54, 1.807) is 18.5 Å². The highest BCUT2D eigenvalue weighted by atomic mass is 32.1. The summed E-state index contributed by atoms with van der Waals surface area (Å²) in [5.41, 5.74) is 0. The lowest BCUT2D eigenvalue weighted by Crippen LogP contribution is -2.48. The number of pyridine rings is 1. The molecule has 0 radical (unpaired) electrons. The molecule has 1 amide bonds. The summed E-state index contributed by atoms with van der Waals surface area (Å²) in [5.74, 6) is 1.07. The van der Waals surface area contributed by atoms with Gasteiger partial charge in [-0.3, -0.25) is 4.79 Å². The van der Waals surface area contributed by atoms with Crippen molar-refractivity contribution in [1.82, 2.24) is 14.3 Å². The fourth-order valence-electron chi connectivity index (χ4n) is 2.16. The number of nitrogens with zero attached hydrogens (tertiary/aromatic N) is 4. The van der Waals surface area contributed by atoms with Crippen molar-refractivity contribution in [2.24, 2.45) is 0 Å². The second-order valence-electron chi connectivity index (χ2n) is 4.34. The lowest BCUT2D eigenvalue weighted by atomic mass is 10.3. The summed E-state index contributed by atoms with van der Waals surface area (Å²) in [4.78, 5) is 21.3. The molecule has 1 fully saturated rings. The third-order valence-corrected chi connectivity index (χ3v) is 3.92. The van der Waals surface area contributed by atoms with E-state index >= 15 is 0 Å². The van der Waals surface area contributed by atoms with E-state index in [2.05, 4.69) is 14.3 Å². The third-order valence-electron chi connectivity index (χ3n) is 3.19. The number of carbonyl (C=O) groups excluding carboxylic acids is 1. The van der Waals surface area contributed by atoms with E-state index in [-0.39, 0.29) is 5.91 Å². The van der Waals surface area contributed by atoms with Gasteiger partial charge in [-0.25, -0.2) is 9.36 Å². The maximum absolute atomic E-state index is 12.2. The Kier molecular flexibility index (Phi) is 3.41. The van der Waals surface area contributed by atoms with Crippen LogP contribution in [0.3, 0.4) is 0 Å². The number of anilines is 1. The predicted molar refractivity (Wildman–Crippen MR) is 74.5 cm³/mol. The molecule has 98 valence electrons. The maximum Gasteiger partial charge on any atom is 0.265 e. The maximum atomic E-state index is 12.2. The predicted octanol–water partition coefficient (Wildman–Crippen LogP) is 1.50. The minimum atomic E-state index is 0.0863. The van der Waals surface area contributed by atoms with Crippen LogP contribution in [0.25, 0.3) is 0 Å². The van der Waals surface area contributed by atoms with Gasteiger partial charge >= 0.3 is 0 Å². The first-order valence-corrected chi connectivity index (χ1v) is 6.98. The second kappa shape index (κ2) is 5.36. The summed E-state index contributed by atoms with van der Waals surface area (Å²) < 4.78 is 3.97. The number of rotatable bonds is 2. The molecule has 6 heteroatoms. The molecule has 0 spiro atoms. The number of aromatic nitrogens is 2. The molecular formula is C13H14N4OS. The van der Waals surface area contributed by atoms with E-state index < -0.39 is 0 Å². The number of amides is 1. The highest BCUT2D eigenvalue weighted by molar-refractivity contribution is 7.08. The van der Waals surface area contributed by atoms with Gasteiger partial charge in [-0.2, -0.15) is 0 Å². The summed E-state index contributed by atoms with van der Waals surface area (Å²) in [7, 11) is 0. The summed E-state index contributed by atoms with van der Waals surface area (Å²) in [6, 6.07) is 7.67. The normalized spacial score (nSPS) is 15.6. The molecule has 3 rings (SSSR count). The molecule has 0 bridgehead atoms. The summed E-state index contributed by atoms with van der Waals surface area (Å²) in [5, 5.41) is 0. The molecule has 1 saturated heterocycles. The molecular weight excluding hydrogens is 260 g/mol. The smallest absolute Gasteiger partial charge is 0.265 e. The van der Waals surface area contributed by atoms with Crippen LogP contribution in [0.1, 0.15) is 9.67 Å². The van der Waals surface area contributed by atoms with Crippen molar-refractivity contribution >= 4 is 23.3 Å². The summed E-state index contributed by atoms with van der Waals surface area (Å²) in [6.07, 6.45) is 3.46. The van der Waals surface area contributed by atoms with E-state index in [4.69, 9.17) is 0 Å². The van der Waals surface area contributed by atoms with Crippen LogP contribution in [0, 0.1) is 0 Å². The van der Waals surface area contributed by atoms with Gasteiger partial charge in [0.05, 0.1) is 0 Å². The fourth-order valence-corrected chi connectivity index (χ4v) is 2.73. The van der Waals surface area contributed by atoms with E-state index in [0.29, 0.717) is 4.88 Å². The number of carbonyl (C=O) groups is 1. The summed E-state index contributed by atoms with van der Waals surface area (Å²) >= 11 is 1.25. The van der Waals surface area contributed by atoms with Gasteiger partial charge in [0.15, 0.2) is 0 Å². The van der Waals surface area contributed by atoms with Crippen molar-refractivity contribution in [3.63, 3.8) is 0 Å². The van der Waals surface area contributed by atoms with Gasteiger partial charge < -0.3 is 9.80 Å². The monoisotopic (exact) mass is 274 g/mol. The van der Waals surface area contributed by atoms with Gasteiger partial charge in [-0.15, -0.1) is 0 Å². The molecule has 2 aromatic heterocycles. The van der Waals surface area contributed by atoms with Crippen LogP contribution in [-0.2, 0) is 0 Å². The van der Waals surface area contributed by atoms with Gasteiger partial charge in [0.1, 0.15) is 10.7 Å². The number of piperazine rings is 1. The van der Waals surface area contributed by atoms with Crippen LogP contribution in [0.4, 0.5) is 5.82 Å². The first-order valence-electron chi connectivity index (χ1n) is 6.20. The Labute approximate surface area is 115 Å². The van der Waals surface area contributed by atoms with E-state index in [9.17, 15) is 4.79 Å².